The highest BCUT2D eigenvalue weighted by Crippen LogP contribution is 2.27. The fraction of sp³-hybridized carbons (Fsp3) is 0.455. The van der Waals surface area contributed by atoms with Crippen molar-refractivity contribution in [1.82, 2.24) is 0 Å². The zero-order chi connectivity index (χ0) is 8.39. The van der Waals surface area contributed by atoms with Gasteiger partial charge in [0.15, 0.2) is 0 Å². The molecule has 64 valence electrons. The highest BCUT2D eigenvalue weighted by Gasteiger charge is 2.08. The molecular formula is C11H14O. The second kappa shape index (κ2) is 3.18. The van der Waals surface area contributed by atoms with Gasteiger partial charge in [-0.3, -0.25) is 0 Å². The van der Waals surface area contributed by atoms with Crippen LogP contribution in [0, 0.1) is 6.92 Å². The summed E-state index contributed by atoms with van der Waals surface area (Å²) in [7, 11) is 0. The molecular weight excluding hydrogens is 148 g/mol. The highest BCUT2D eigenvalue weighted by atomic mass is 16.3. The lowest BCUT2D eigenvalue weighted by Crippen LogP contribution is -1.89. The van der Waals surface area contributed by atoms with Crippen LogP contribution in [0.25, 0.3) is 5.57 Å². The molecule has 1 heteroatoms. The molecule has 1 aromatic rings. The van der Waals surface area contributed by atoms with Crippen LogP contribution < -0.4 is 0 Å². The number of hydrogen-bond acceptors (Lipinski definition) is 1. The predicted octanol–water partition coefficient (Wildman–Crippen LogP) is 3.55. The van der Waals surface area contributed by atoms with Crippen LogP contribution in [0.1, 0.15) is 37.0 Å². The molecule has 12 heavy (non-hydrogen) atoms. The van der Waals surface area contributed by atoms with Crippen LogP contribution in [-0.2, 0) is 0 Å². The molecule has 0 bridgehead atoms. The molecule has 0 atom stereocenters. The fourth-order valence-corrected chi connectivity index (χ4v) is 1.66. The number of furan rings is 1. The maximum Gasteiger partial charge on any atom is 0.129 e. The average molecular weight is 162 g/mol. The molecule has 1 nitrogen and oxygen atoms in total. The van der Waals surface area contributed by atoms with E-state index in [1.54, 1.807) is 0 Å². The summed E-state index contributed by atoms with van der Waals surface area (Å²) < 4.78 is 5.44. The van der Waals surface area contributed by atoms with Crippen LogP contribution in [0.4, 0.5) is 0 Å². The zero-order valence-electron chi connectivity index (χ0n) is 7.47. The van der Waals surface area contributed by atoms with E-state index in [9.17, 15) is 0 Å². The molecule has 0 unspecified atom stereocenters. The molecule has 0 fully saturated rings. The van der Waals surface area contributed by atoms with E-state index in [1.165, 1.54) is 36.8 Å². The van der Waals surface area contributed by atoms with E-state index in [2.05, 4.69) is 19.1 Å². The van der Waals surface area contributed by atoms with E-state index in [1.807, 2.05) is 6.26 Å². The minimum absolute atomic E-state index is 1.08. The van der Waals surface area contributed by atoms with Crippen molar-refractivity contribution in [1.29, 1.82) is 0 Å². The van der Waals surface area contributed by atoms with Gasteiger partial charge >= 0.3 is 0 Å². The first-order chi connectivity index (χ1) is 5.86. The van der Waals surface area contributed by atoms with Crippen LogP contribution in [0.2, 0.25) is 0 Å². The van der Waals surface area contributed by atoms with Crippen LogP contribution in [0.15, 0.2) is 22.8 Å². The molecule has 0 saturated heterocycles. The second-order valence-electron chi connectivity index (χ2n) is 3.46. The lowest BCUT2D eigenvalue weighted by Gasteiger charge is -2.09. The van der Waals surface area contributed by atoms with Crippen molar-refractivity contribution in [2.75, 3.05) is 0 Å². The van der Waals surface area contributed by atoms with Gasteiger partial charge in [-0.1, -0.05) is 6.08 Å². The van der Waals surface area contributed by atoms with Gasteiger partial charge in [0.2, 0.25) is 0 Å². The first-order valence-corrected chi connectivity index (χ1v) is 4.61. The molecule has 0 radical (unpaired) electrons. The Hall–Kier alpha value is -0.980. The molecule has 2 rings (SSSR count). The molecule has 0 aliphatic heterocycles. The molecule has 1 aliphatic carbocycles. The van der Waals surface area contributed by atoms with Gasteiger partial charge in [-0.15, -0.1) is 0 Å². The van der Waals surface area contributed by atoms with Gasteiger partial charge in [0.25, 0.3) is 0 Å². The minimum atomic E-state index is 1.08. The van der Waals surface area contributed by atoms with Crippen LogP contribution in [-0.4, -0.2) is 0 Å². The standard InChI is InChI=1S/C11H14O/c1-9-7-11(12-8-9)10-5-3-2-4-6-10/h5,7-8H,2-4,6H2,1H3. The second-order valence-corrected chi connectivity index (χ2v) is 3.46. The average Bonchev–Trinajstić information content (AvgIpc) is 2.54. The Morgan fingerprint density at radius 2 is 2.25 bits per heavy atom. The Morgan fingerprint density at radius 3 is 2.83 bits per heavy atom. The third-order valence-electron chi connectivity index (χ3n) is 2.34. The maximum atomic E-state index is 5.44. The van der Waals surface area contributed by atoms with Gasteiger partial charge in [0, 0.05) is 0 Å². The van der Waals surface area contributed by atoms with Crippen molar-refractivity contribution in [3.63, 3.8) is 0 Å². The Bertz CT molecular complexity index is 294. The third-order valence-corrected chi connectivity index (χ3v) is 2.34. The Kier molecular flexibility index (Phi) is 2.03. The van der Waals surface area contributed by atoms with Crippen molar-refractivity contribution in [2.24, 2.45) is 0 Å². The van der Waals surface area contributed by atoms with Gasteiger partial charge in [-0.05, 0) is 49.8 Å². The molecule has 1 aromatic heterocycles. The first kappa shape index (κ1) is 7.66. The molecule has 0 amide bonds. The van der Waals surface area contributed by atoms with Crippen molar-refractivity contribution in [3.05, 3.63) is 29.7 Å². The summed E-state index contributed by atoms with van der Waals surface area (Å²) in [6.07, 6.45) is 9.18. The van der Waals surface area contributed by atoms with Gasteiger partial charge in [-0.2, -0.15) is 0 Å². The largest absolute Gasteiger partial charge is 0.464 e. The highest BCUT2D eigenvalue weighted by molar-refractivity contribution is 5.62. The SMILES string of the molecule is Cc1coc(C2=CCCCC2)c1. The molecule has 0 spiro atoms. The monoisotopic (exact) mass is 162 g/mol. The molecule has 0 saturated carbocycles. The summed E-state index contributed by atoms with van der Waals surface area (Å²) >= 11 is 0. The minimum Gasteiger partial charge on any atom is -0.464 e. The maximum absolute atomic E-state index is 5.44. The van der Waals surface area contributed by atoms with E-state index in [4.69, 9.17) is 4.42 Å². The fourth-order valence-electron chi connectivity index (χ4n) is 1.66. The topological polar surface area (TPSA) is 13.1 Å². The third kappa shape index (κ3) is 1.45. The lowest BCUT2D eigenvalue weighted by atomic mass is 9.98. The summed E-state index contributed by atoms with van der Waals surface area (Å²) in [4.78, 5) is 0. The summed E-state index contributed by atoms with van der Waals surface area (Å²) in [5.74, 6) is 1.08. The predicted molar refractivity (Wildman–Crippen MR) is 49.9 cm³/mol. The van der Waals surface area contributed by atoms with Gasteiger partial charge < -0.3 is 4.42 Å². The van der Waals surface area contributed by atoms with Gasteiger partial charge in [0.05, 0.1) is 6.26 Å². The number of allylic oxidation sites excluding steroid dienone is 2. The van der Waals surface area contributed by atoms with Crippen LogP contribution in [0.5, 0.6) is 0 Å². The zero-order valence-corrected chi connectivity index (χ0v) is 7.47. The van der Waals surface area contributed by atoms with Crippen LogP contribution >= 0.6 is 0 Å². The van der Waals surface area contributed by atoms with E-state index in [0.29, 0.717) is 0 Å². The van der Waals surface area contributed by atoms with E-state index < -0.39 is 0 Å². The molecule has 0 aromatic carbocycles. The molecule has 1 aliphatic rings. The summed E-state index contributed by atoms with van der Waals surface area (Å²) in [5.41, 5.74) is 2.62. The Labute approximate surface area is 73.1 Å². The summed E-state index contributed by atoms with van der Waals surface area (Å²) in [5, 5.41) is 0. The smallest absolute Gasteiger partial charge is 0.129 e. The van der Waals surface area contributed by atoms with Gasteiger partial charge in [-0.25, -0.2) is 0 Å². The van der Waals surface area contributed by atoms with E-state index in [-0.39, 0.29) is 0 Å². The molecule has 0 N–H and O–H groups in total. The summed E-state index contributed by atoms with van der Waals surface area (Å²) in [6.45, 7) is 2.07. The quantitative estimate of drug-likeness (QED) is 0.615. The van der Waals surface area contributed by atoms with E-state index in [0.717, 1.165) is 5.76 Å². The Morgan fingerprint density at radius 1 is 1.33 bits per heavy atom. The van der Waals surface area contributed by atoms with Crippen molar-refractivity contribution < 1.29 is 4.42 Å². The van der Waals surface area contributed by atoms with E-state index >= 15 is 0 Å². The number of rotatable bonds is 1. The Balaban J connectivity index is 2.23. The van der Waals surface area contributed by atoms with Gasteiger partial charge in [0.1, 0.15) is 5.76 Å². The first-order valence-electron chi connectivity index (χ1n) is 4.61. The lowest BCUT2D eigenvalue weighted by molar-refractivity contribution is 0.544. The molecule has 1 heterocycles. The number of aryl methyl sites for hydroxylation is 1. The normalized spacial score (nSPS) is 17.6. The van der Waals surface area contributed by atoms with Crippen molar-refractivity contribution >= 4 is 5.57 Å². The van der Waals surface area contributed by atoms with Crippen molar-refractivity contribution in [3.8, 4) is 0 Å². The summed E-state index contributed by atoms with van der Waals surface area (Å²) in [6, 6.07) is 2.12. The van der Waals surface area contributed by atoms with Crippen LogP contribution in [0.3, 0.4) is 0 Å². The number of hydrogen-bond donors (Lipinski definition) is 0. The van der Waals surface area contributed by atoms with Crippen molar-refractivity contribution in [2.45, 2.75) is 32.6 Å².